The van der Waals surface area contributed by atoms with Gasteiger partial charge in [-0.2, -0.15) is 0 Å². The third-order valence-electron chi connectivity index (χ3n) is 3.84. The third kappa shape index (κ3) is 5.13. The van der Waals surface area contributed by atoms with Gasteiger partial charge in [0.2, 0.25) is 0 Å². The first-order valence-electron chi connectivity index (χ1n) is 8.58. The van der Waals surface area contributed by atoms with E-state index >= 15 is 0 Å². The van der Waals surface area contributed by atoms with Gasteiger partial charge in [0.05, 0.1) is 19.4 Å². The summed E-state index contributed by atoms with van der Waals surface area (Å²) in [5, 5.41) is 4.99. The van der Waals surface area contributed by atoms with Crippen molar-refractivity contribution in [3.8, 4) is 5.75 Å². The van der Waals surface area contributed by atoms with Crippen LogP contribution in [0.15, 0.2) is 64.6 Å². The Kier molecular flexibility index (Phi) is 6.33. The standard InChI is InChI=1S/C20H22N2O3S/c1-2-24-17-9-7-16(8-10-17)21-20(23)22(15-18-5-3-13-25-18)12-11-19-6-4-14-26-19/h3-10,13-14H,2,11-12,15H2,1H3,(H,21,23). The van der Waals surface area contributed by atoms with Crippen LogP contribution in [0.3, 0.4) is 0 Å². The Bertz CT molecular complexity index is 783. The number of anilines is 1. The van der Waals surface area contributed by atoms with Gasteiger partial charge in [-0.05, 0) is 61.2 Å². The first-order chi connectivity index (χ1) is 12.7. The van der Waals surface area contributed by atoms with Crippen molar-refractivity contribution in [3.05, 3.63) is 70.8 Å². The molecule has 0 saturated carbocycles. The number of nitrogens with zero attached hydrogens (tertiary/aromatic N) is 1. The zero-order chi connectivity index (χ0) is 18.2. The van der Waals surface area contributed by atoms with Crippen LogP contribution in [0.5, 0.6) is 5.75 Å². The molecule has 1 aromatic carbocycles. The fourth-order valence-electron chi connectivity index (χ4n) is 2.55. The van der Waals surface area contributed by atoms with Crippen LogP contribution in [0.2, 0.25) is 0 Å². The molecule has 5 nitrogen and oxygen atoms in total. The fourth-order valence-corrected chi connectivity index (χ4v) is 3.24. The van der Waals surface area contributed by atoms with Gasteiger partial charge in [-0.15, -0.1) is 11.3 Å². The molecule has 0 aliphatic rings. The number of hydrogen-bond acceptors (Lipinski definition) is 4. The highest BCUT2D eigenvalue weighted by Gasteiger charge is 2.16. The van der Waals surface area contributed by atoms with E-state index in [1.54, 1.807) is 22.5 Å². The Morgan fingerprint density at radius 1 is 1.19 bits per heavy atom. The number of urea groups is 1. The summed E-state index contributed by atoms with van der Waals surface area (Å²) in [4.78, 5) is 15.8. The van der Waals surface area contributed by atoms with E-state index in [0.717, 1.165) is 23.6 Å². The van der Waals surface area contributed by atoms with Crippen LogP contribution in [0.25, 0.3) is 0 Å². The highest BCUT2D eigenvalue weighted by molar-refractivity contribution is 7.09. The summed E-state index contributed by atoms with van der Waals surface area (Å²) < 4.78 is 10.8. The topological polar surface area (TPSA) is 54.7 Å². The average Bonchev–Trinajstić information content (AvgIpc) is 3.34. The largest absolute Gasteiger partial charge is 0.494 e. The Balaban J connectivity index is 1.64. The number of benzene rings is 1. The maximum atomic E-state index is 12.8. The molecule has 0 aliphatic carbocycles. The van der Waals surface area contributed by atoms with Crippen LogP contribution in [-0.2, 0) is 13.0 Å². The molecule has 0 aliphatic heterocycles. The van der Waals surface area contributed by atoms with E-state index < -0.39 is 0 Å². The molecule has 3 rings (SSSR count). The van der Waals surface area contributed by atoms with Crippen molar-refractivity contribution in [2.45, 2.75) is 19.9 Å². The summed E-state index contributed by atoms with van der Waals surface area (Å²) >= 11 is 1.70. The molecule has 2 amide bonds. The van der Waals surface area contributed by atoms with Gasteiger partial charge in [-0.25, -0.2) is 4.79 Å². The second-order valence-corrected chi connectivity index (χ2v) is 6.75. The van der Waals surface area contributed by atoms with E-state index in [9.17, 15) is 4.79 Å². The summed E-state index contributed by atoms with van der Waals surface area (Å²) in [6, 6.07) is 15.0. The lowest BCUT2D eigenvalue weighted by Crippen LogP contribution is -2.35. The molecule has 0 fully saturated rings. The predicted molar refractivity (Wildman–Crippen MR) is 104 cm³/mol. The molecule has 136 valence electrons. The lowest BCUT2D eigenvalue weighted by Gasteiger charge is -2.22. The Morgan fingerprint density at radius 3 is 2.69 bits per heavy atom. The van der Waals surface area contributed by atoms with Gasteiger partial charge in [0.1, 0.15) is 11.5 Å². The van der Waals surface area contributed by atoms with Crippen molar-refractivity contribution < 1.29 is 13.9 Å². The number of ether oxygens (including phenoxy) is 1. The summed E-state index contributed by atoms with van der Waals surface area (Å²) in [5.74, 6) is 1.55. The van der Waals surface area contributed by atoms with E-state index in [0.29, 0.717) is 19.7 Å². The van der Waals surface area contributed by atoms with Crippen molar-refractivity contribution in [2.75, 3.05) is 18.5 Å². The van der Waals surface area contributed by atoms with Crippen LogP contribution < -0.4 is 10.1 Å². The smallest absolute Gasteiger partial charge is 0.322 e. The van der Waals surface area contributed by atoms with Gasteiger partial charge < -0.3 is 19.4 Å². The SMILES string of the molecule is CCOc1ccc(NC(=O)N(CCc2cccs2)Cc2ccco2)cc1. The number of carbonyl (C=O) groups excluding carboxylic acids is 1. The number of carbonyl (C=O) groups is 1. The number of rotatable bonds is 8. The second kappa shape index (κ2) is 9.10. The molecule has 0 bridgehead atoms. The van der Waals surface area contributed by atoms with Gasteiger partial charge in [-0.3, -0.25) is 0 Å². The fraction of sp³-hybridized carbons (Fsp3) is 0.250. The average molecular weight is 370 g/mol. The van der Waals surface area contributed by atoms with Crippen LogP contribution in [0.1, 0.15) is 17.6 Å². The molecule has 1 N–H and O–H groups in total. The van der Waals surface area contributed by atoms with Crippen molar-refractivity contribution in [2.24, 2.45) is 0 Å². The minimum Gasteiger partial charge on any atom is -0.494 e. The quantitative estimate of drug-likeness (QED) is 0.606. The normalized spacial score (nSPS) is 10.5. The lowest BCUT2D eigenvalue weighted by atomic mass is 10.3. The number of nitrogens with one attached hydrogen (secondary N) is 1. The molecular formula is C20H22N2O3S. The van der Waals surface area contributed by atoms with Crippen LogP contribution in [0.4, 0.5) is 10.5 Å². The monoisotopic (exact) mass is 370 g/mol. The summed E-state index contributed by atoms with van der Waals surface area (Å²) in [6.45, 7) is 3.60. The number of hydrogen-bond donors (Lipinski definition) is 1. The molecule has 6 heteroatoms. The molecule has 0 unspecified atom stereocenters. The predicted octanol–water partition coefficient (Wildman–Crippen LogP) is 5.02. The summed E-state index contributed by atoms with van der Waals surface area (Å²) in [5.41, 5.74) is 0.735. The maximum Gasteiger partial charge on any atom is 0.322 e. The van der Waals surface area contributed by atoms with E-state index in [2.05, 4.69) is 11.4 Å². The van der Waals surface area contributed by atoms with E-state index in [-0.39, 0.29) is 6.03 Å². The van der Waals surface area contributed by atoms with Gasteiger partial charge in [0.25, 0.3) is 0 Å². The molecule has 0 atom stereocenters. The second-order valence-electron chi connectivity index (χ2n) is 5.72. The van der Waals surface area contributed by atoms with Gasteiger partial charge in [-0.1, -0.05) is 6.07 Å². The Hall–Kier alpha value is -2.73. The molecule has 2 heterocycles. The molecule has 2 aromatic heterocycles. The van der Waals surface area contributed by atoms with Gasteiger partial charge in [0, 0.05) is 17.1 Å². The van der Waals surface area contributed by atoms with Crippen LogP contribution in [0, 0.1) is 0 Å². The molecule has 0 saturated heterocycles. The lowest BCUT2D eigenvalue weighted by molar-refractivity contribution is 0.205. The molecular weight excluding hydrogens is 348 g/mol. The maximum absolute atomic E-state index is 12.8. The van der Waals surface area contributed by atoms with Crippen molar-refractivity contribution >= 4 is 23.1 Å². The minimum atomic E-state index is -0.151. The number of amides is 2. The van der Waals surface area contributed by atoms with Crippen molar-refractivity contribution in [1.29, 1.82) is 0 Å². The van der Waals surface area contributed by atoms with E-state index in [4.69, 9.17) is 9.15 Å². The Labute approximate surface area is 157 Å². The van der Waals surface area contributed by atoms with E-state index in [1.807, 2.05) is 54.8 Å². The minimum absolute atomic E-state index is 0.151. The van der Waals surface area contributed by atoms with Gasteiger partial charge in [0.15, 0.2) is 0 Å². The third-order valence-corrected chi connectivity index (χ3v) is 4.77. The zero-order valence-electron chi connectivity index (χ0n) is 14.7. The molecule has 3 aromatic rings. The summed E-state index contributed by atoms with van der Waals surface area (Å²) in [7, 11) is 0. The van der Waals surface area contributed by atoms with Gasteiger partial charge >= 0.3 is 6.03 Å². The molecule has 0 spiro atoms. The number of furan rings is 1. The van der Waals surface area contributed by atoms with Crippen LogP contribution in [-0.4, -0.2) is 24.1 Å². The van der Waals surface area contributed by atoms with Crippen LogP contribution >= 0.6 is 11.3 Å². The molecule has 26 heavy (non-hydrogen) atoms. The number of thiophene rings is 1. The first kappa shape index (κ1) is 18.1. The van der Waals surface area contributed by atoms with E-state index in [1.165, 1.54) is 4.88 Å². The molecule has 0 radical (unpaired) electrons. The Morgan fingerprint density at radius 2 is 2.04 bits per heavy atom. The highest BCUT2D eigenvalue weighted by atomic mass is 32.1. The summed E-state index contributed by atoms with van der Waals surface area (Å²) in [6.07, 6.45) is 2.44. The van der Waals surface area contributed by atoms with Crippen molar-refractivity contribution in [1.82, 2.24) is 4.90 Å². The van der Waals surface area contributed by atoms with Crippen molar-refractivity contribution in [3.63, 3.8) is 0 Å². The first-order valence-corrected chi connectivity index (χ1v) is 9.46. The highest BCUT2D eigenvalue weighted by Crippen LogP contribution is 2.17. The zero-order valence-corrected chi connectivity index (χ0v) is 15.5.